The van der Waals surface area contributed by atoms with Crippen LogP contribution in [0.25, 0.3) is 0 Å². The maximum Gasteiger partial charge on any atom is 0.282 e. The number of benzene rings is 3. The second kappa shape index (κ2) is 7.94. The fourth-order valence-electron chi connectivity index (χ4n) is 4.81. The SMILES string of the molecule is O=C1c2cccc([N+](=O)[O-])c2C(=O)N1[C@@H]1C(=O)N(c2cc(Cl)cc(Cl)c2)[C@H]1c1ccc2c(c1)OCO2. The molecule has 0 radical (unpaired) electrons. The van der Waals surface area contributed by atoms with Crippen molar-refractivity contribution in [2.24, 2.45) is 0 Å². The molecular weight excluding hydrogens is 513 g/mol. The average Bonchev–Trinajstić information content (AvgIpc) is 3.40. The maximum absolute atomic E-state index is 13.6. The number of nitro benzene ring substituents is 1. The van der Waals surface area contributed by atoms with Crippen molar-refractivity contribution in [3.05, 3.63) is 91.4 Å². The number of β-lactam (4-membered cyclic amide) rings is 1. The summed E-state index contributed by atoms with van der Waals surface area (Å²) in [7, 11) is 0. The summed E-state index contributed by atoms with van der Waals surface area (Å²) in [6.07, 6.45) is 0. The first-order valence-electron chi connectivity index (χ1n) is 10.6. The van der Waals surface area contributed by atoms with Crippen LogP contribution in [0.2, 0.25) is 10.0 Å². The van der Waals surface area contributed by atoms with Gasteiger partial charge in [0.25, 0.3) is 23.4 Å². The van der Waals surface area contributed by atoms with Crippen molar-refractivity contribution in [1.29, 1.82) is 0 Å². The summed E-state index contributed by atoms with van der Waals surface area (Å²) in [6, 6.07) is 11.3. The number of carbonyl (C=O) groups excluding carboxylic acids is 3. The van der Waals surface area contributed by atoms with E-state index in [1.165, 1.54) is 35.2 Å². The number of hydrogen-bond acceptors (Lipinski definition) is 7. The Hall–Kier alpha value is -4.15. The molecule has 3 aliphatic rings. The van der Waals surface area contributed by atoms with Crippen LogP contribution in [0.3, 0.4) is 0 Å². The molecule has 0 spiro atoms. The summed E-state index contributed by atoms with van der Waals surface area (Å²) in [5.74, 6) is -1.32. The molecule has 36 heavy (non-hydrogen) atoms. The van der Waals surface area contributed by atoms with Crippen LogP contribution in [0.4, 0.5) is 11.4 Å². The van der Waals surface area contributed by atoms with Gasteiger partial charge in [0.1, 0.15) is 11.6 Å². The number of anilines is 1. The standard InChI is InChI=1S/C24H13Cl2N3O7/c25-12-7-13(26)9-14(8-12)27-20(11-4-5-17-18(6-11)36-10-35-17)21(24(27)32)28-22(30)15-2-1-3-16(29(33)34)19(15)23(28)31/h1-9,20-21H,10H2/t20-,21-/m0/s1. The number of hydrogen-bond donors (Lipinski definition) is 0. The van der Waals surface area contributed by atoms with Gasteiger partial charge in [0, 0.05) is 21.8 Å². The third kappa shape index (κ3) is 3.15. The summed E-state index contributed by atoms with van der Waals surface area (Å²) in [6.45, 7) is 0.0293. The van der Waals surface area contributed by atoms with Gasteiger partial charge in [0.05, 0.1) is 16.5 Å². The molecule has 3 aromatic rings. The Bertz CT molecular complexity index is 1510. The van der Waals surface area contributed by atoms with Gasteiger partial charge in [-0.2, -0.15) is 0 Å². The third-order valence-electron chi connectivity index (χ3n) is 6.33. The predicted molar refractivity (Wildman–Crippen MR) is 127 cm³/mol. The molecule has 0 unspecified atom stereocenters. The minimum atomic E-state index is -1.27. The summed E-state index contributed by atoms with van der Waals surface area (Å²) in [5, 5.41) is 12.1. The Kier molecular flexibility index (Phi) is 4.92. The minimum Gasteiger partial charge on any atom is -0.454 e. The van der Waals surface area contributed by atoms with Gasteiger partial charge in [0.2, 0.25) is 6.79 Å². The van der Waals surface area contributed by atoms with Crippen molar-refractivity contribution >= 4 is 52.3 Å². The smallest absolute Gasteiger partial charge is 0.282 e. The minimum absolute atomic E-state index is 0.0293. The molecule has 3 aromatic carbocycles. The molecule has 1 saturated heterocycles. The number of rotatable bonds is 4. The third-order valence-corrected chi connectivity index (χ3v) is 6.77. The lowest BCUT2D eigenvalue weighted by atomic mass is 9.86. The number of nitro groups is 1. The molecule has 3 aliphatic heterocycles. The van der Waals surface area contributed by atoms with Gasteiger partial charge < -0.3 is 14.4 Å². The molecule has 0 bridgehead atoms. The summed E-state index contributed by atoms with van der Waals surface area (Å²) >= 11 is 12.3. The summed E-state index contributed by atoms with van der Waals surface area (Å²) < 4.78 is 10.8. The first-order valence-corrected chi connectivity index (χ1v) is 11.4. The Balaban J connectivity index is 1.47. The lowest BCUT2D eigenvalue weighted by Crippen LogP contribution is -2.67. The van der Waals surface area contributed by atoms with Crippen LogP contribution in [0.15, 0.2) is 54.6 Å². The first kappa shape index (κ1) is 22.3. The number of amides is 3. The molecule has 180 valence electrons. The predicted octanol–water partition coefficient (Wildman–Crippen LogP) is 4.38. The van der Waals surface area contributed by atoms with E-state index in [1.54, 1.807) is 18.2 Å². The second-order valence-electron chi connectivity index (χ2n) is 8.28. The fourth-order valence-corrected chi connectivity index (χ4v) is 5.32. The monoisotopic (exact) mass is 525 g/mol. The second-order valence-corrected chi connectivity index (χ2v) is 9.15. The fraction of sp³-hybridized carbons (Fsp3) is 0.125. The molecule has 6 rings (SSSR count). The van der Waals surface area contributed by atoms with E-state index in [1.807, 2.05) is 0 Å². The van der Waals surface area contributed by atoms with E-state index in [0.717, 1.165) is 11.0 Å². The largest absolute Gasteiger partial charge is 0.454 e. The van der Waals surface area contributed by atoms with E-state index < -0.39 is 40.4 Å². The quantitative estimate of drug-likeness (QED) is 0.214. The summed E-state index contributed by atoms with van der Waals surface area (Å²) in [4.78, 5) is 53.2. The molecule has 0 N–H and O–H groups in total. The van der Waals surface area contributed by atoms with Crippen molar-refractivity contribution in [2.45, 2.75) is 12.1 Å². The molecule has 10 nitrogen and oxygen atoms in total. The molecule has 1 fully saturated rings. The van der Waals surface area contributed by atoms with Crippen LogP contribution in [0, 0.1) is 10.1 Å². The highest BCUT2D eigenvalue weighted by Gasteiger charge is 2.58. The number of imide groups is 1. The highest BCUT2D eigenvalue weighted by atomic mass is 35.5. The Morgan fingerprint density at radius 1 is 0.861 bits per heavy atom. The first-order chi connectivity index (χ1) is 17.3. The van der Waals surface area contributed by atoms with E-state index in [9.17, 15) is 24.5 Å². The van der Waals surface area contributed by atoms with Crippen LogP contribution in [0.5, 0.6) is 11.5 Å². The van der Waals surface area contributed by atoms with Crippen molar-refractivity contribution < 1.29 is 28.8 Å². The number of nitrogens with zero attached hydrogens (tertiary/aromatic N) is 3. The van der Waals surface area contributed by atoms with Gasteiger partial charge in [-0.15, -0.1) is 0 Å². The number of halogens is 2. The topological polar surface area (TPSA) is 119 Å². The van der Waals surface area contributed by atoms with Gasteiger partial charge in [-0.1, -0.05) is 35.3 Å². The Morgan fingerprint density at radius 3 is 2.31 bits per heavy atom. The number of ether oxygens (including phenoxy) is 2. The highest BCUT2D eigenvalue weighted by Crippen LogP contribution is 2.47. The summed E-state index contributed by atoms with van der Waals surface area (Å²) in [5.41, 5.74) is -0.0621. The van der Waals surface area contributed by atoms with Gasteiger partial charge >= 0.3 is 0 Å². The van der Waals surface area contributed by atoms with E-state index in [0.29, 0.717) is 22.7 Å². The van der Waals surface area contributed by atoms with Crippen LogP contribution < -0.4 is 14.4 Å². The van der Waals surface area contributed by atoms with Crippen LogP contribution in [0.1, 0.15) is 32.3 Å². The molecule has 0 aromatic heterocycles. The normalized spacial score (nSPS) is 20.0. The zero-order valence-electron chi connectivity index (χ0n) is 18.0. The average molecular weight is 526 g/mol. The Labute approximate surface area is 212 Å². The molecule has 2 atom stereocenters. The molecule has 3 heterocycles. The van der Waals surface area contributed by atoms with E-state index >= 15 is 0 Å². The molecule has 0 saturated carbocycles. The molecule has 12 heteroatoms. The van der Waals surface area contributed by atoms with Crippen molar-refractivity contribution in [2.75, 3.05) is 11.7 Å². The molecule has 3 amide bonds. The van der Waals surface area contributed by atoms with Gasteiger partial charge in [-0.25, -0.2) is 0 Å². The van der Waals surface area contributed by atoms with Crippen molar-refractivity contribution in [3.63, 3.8) is 0 Å². The van der Waals surface area contributed by atoms with E-state index in [2.05, 4.69) is 0 Å². The van der Waals surface area contributed by atoms with Crippen LogP contribution in [-0.4, -0.2) is 40.4 Å². The van der Waals surface area contributed by atoms with E-state index in [4.69, 9.17) is 32.7 Å². The maximum atomic E-state index is 13.6. The van der Waals surface area contributed by atoms with Gasteiger partial charge in [-0.3, -0.25) is 29.4 Å². The zero-order valence-corrected chi connectivity index (χ0v) is 19.5. The van der Waals surface area contributed by atoms with Crippen LogP contribution >= 0.6 is 23.2 Å². The molecular formula is C24H13Cl2N3O7. The van der Waals surface area contributed by atoms with Crippen LogP contribution in [-0.2, 0) is 4.79 Å². The van der Waals surface area contributed by atoms with Gasteiger partial charge in [-0.05, 0) is 42.0 Å². The lowest BCUT2D eigenvalue weighted by molar-refractivity contribution is -0.385. The Morgan fingerprint density at radius 2 is 1.58 bits per heavy atom. The lowest BCUT2D eigenvalue weighted by Gasteiger charge is -2.49. The zero-order chi connectivity index (χ0) is 25.3. The van der Waals surface area contributed by atoms with E-state index in [-0.39, 0.29) is 28.0 Å². The number of fused-ring (bicyclic) bond motifs is 2. The van der Waals surface area contributed by atoms with Crippen molar-refractivity contribution in [3.8, 4) is 11.5 Å². The molecule has 0 aliphatic carbocycles. The van der Waals surface area contributed by atoms with Crippen molar-refractivity contribution in [1.82, 2.24) is 4.90 Å². The van der Waals surface area contributed by atoms with Gasteiger partial charge in [0.15, 0.2) is 11.5 Å². The highest BCUT2D eigenvalue weighted by molar-refractivity contribution is 6.35. The number of carbonyl (C=O) groups is 3.